The minimum Gasteiger partial charge on any atom is -0.382 e. The summed E-state index contributed by atoms with van der Waals surface area (Å²) in [5.74, 6) is 0.209. The first-order chi connectivity index (χ1) is 14.0. The molecule has 2 heterocycles. The molecule has 1 unspecified atom stereocenters. The second-order valence-corrected chi connectivity index (χ2v) is 8.15. The molecule has 0 saturated carbocycles. The normalized spacial score (nSPS) is 15.7. The van der Waals surface area contributed by atoms with E-state index in [9.17, 15) is 4.79 Å². The molecule has 29 heavy (non-hydrogen) atoms. The molecule has 148 valence electrons. The molecule has 6 nitrogen and oxygen atoms in total. The van der Waals surface area contributed by atoms with Gasteiger partial charge in [0.25, 0.3) is 5.91 Å². The SMILES string of the molecule is Cc1cc(NC(=O)C2CC(c3cccc(Br)c3)=NO2)nn1Cc1cccc(Cl)c1. The molecule has 2 aromatic carbocycles. The molecule has 0 fully saturated rings. The number of aryl methyl sites for hydroxylation is 1. The number of carbonyl (C=O) groups is 1. The van der Waals surface area contributed by atoms with Crippen molar-refractivity contribution >= 4 is 45.0 Å². The number of hydrogen-bond acceptors (Lipinski definition) is 4. The van der Waals surface area contributed by atoms with Crippen molar-refractivity contribution in [2.45, 2.75) is 26.0 Å². The van der Waals surface area contributed by atoms with E-state index in [0.29, 0.717) is 23.8 Å². The Morgan fingerprint density at radius 3 is 2.90 bits per heavy atom. The number of nitrogens with one attached hydrogen (secondary N) is 1. The Kier molecular flexibility index (Phi) is 5.69. The van der Waals surface area contributed by atoms with Gasteiger partial charge in [-0.2, -0.15) is 5.10 Å². The van der Waals surface area contributed by atoms with Gasteiger partial charge in [-0.3, -0.25) is 9.48 Å². The highest BCUT2D eigenvalue weighted by molar-refractivity contribution is 9.10. The maximum absolute atomic E-state index is 12.6. The van der Waals surface area contributed by atoms with Crippen LogP contribution in [-0.4, -0.2) is 27.5 Å². The predicted octanol–water partition coefficient (Wildman–Crippen LogP) is 4.79. The van der Waals surface area contributed by atoms with Gasteiger partial charge in [0.05, 0.1) is 12.3 Å². The maximum Gasteiger partial charge on any atom is 0.269 e. The number of hydrogen-bond donors (Lipinski definition) is 1. The molecule has 0 saturated heterocycles. The van der Waals surface area contributed by atoms with Gasteiger partial charge in [-0.05, 0) is 36.8 Å². The van der Waals surface area contributed by atoms with Crippen LogP contribution in [0.4, 0.5) is 5.82 Å². The van der Waals surface area contributed by atoms with Gasteiger partial charge in [0.2, 0.25) is 6.10 Å². The molecule has 1 amide bonds. The van der Waals surface area contributed by atoms with Gasteiger partial charge < -0.3 is 10.2 Å². The molecule has 1 N–H and O–H groups in total. The van der Waals surface area contributed by atoms with E-state index in [1.54, 1.807) is 0 Å². The first-order valence-corrected chi connectivity index (χ1v) is 10.2. The Morgan fingerprint density at radius 1 is 1.28 bits per heavy atom. The maximum atomic E-state index is 12.6. The molecule has 4 rings (SSSR count). The fraction of sp³-hybridized carbons (Fsp3) is 0.190. The number of nitrogens with zero attached hydrogens (tertiary/aromatic N) is 3. The summed E-state index contributed by atoms with van der Waals surface area (Å²) >= 11 is 9.49. The lowest BCUT2D eigenvalue weighted by molar-refractivity contribution is -0.125. The summed E-state index contributed by atoms with van der Waals surface area (Å²) in [5.41, 5.74) is 3.64. The summed E-state index contributed by atoms with van der Waals surface area (Å²) < 4.78 is 2.77. The van der Waals surface area contributed by atoms with E-state index in [1.807, 2.05) is 66.2 Å². The van der Waals surface area contributed by atoms with Crippen LogP contribution in [0.2, 0.25) is 5.02 Å². The van der Waals surface area contributed by atoms with Gasteiger partial charge in [0.1, 0.15) is 0 Å². The third-order valence-electron chi connectivity index (χ3n) is 4.57. The molecule has 0 bridgehead atoms. The van der Waals surface area contributed by atoms with Gasteiger partial charge in [0.15, 0.2) is 5.82 Å². The summed E-state index contributed by atoms with van der Waals surface area (Å²) in [4.78, 5) is 17.9. The topological polar surface area (TPSA) is 68.5 Å². The molecule has 1 aromatic heterocycles. The Hall–Kier alpha value is -2.64. The molecular weight excluding hydrogens is 456 g/mol. The highest BCUT2D eigenvalue weighted by Gasteiger charge is 2.29. The highest BCUT2D eigenvalue weighted by atomic mass is 79.9. The summed E-state index contributed by atoms with van der Waals surface area (Å²) in [6.45, 7) is 2.51. The third-order valence-corrected chi connectivity index (χ3v) is 5.30. The quantitative estimate of drug-likeness (QED) is 0.579. The molecule has 3 aromatic rings. The van der Waals surface area contributed by atoms with Crippen LogP contribution in [0.3, 0.4) is 0 Å². The number of rotatable bonds is 5. The van der Waals surface area contributed by atoms with Crippen LogP contribution >= 0.6 is 27.5 Å². The number of benzene rings is 2. The molecule has 0 radical (unpaired) electrons. The van der Waals surface area contributed by atoms with E-state index in [2.05, 4.69) is 31.5 Å². The largest absolute Gasteiger partial charge is 0.382 e. The van der Waals surface area contributed by atoms with Gasteiger partial charge in [-0.25, -0.2) is 0 Å². The average molecular weight is 474 g/mol. The zero-order valence-corrected chi connectivity index (χ0v) is 17.9. The number of aromatic nitrogens is 2. The fourth-order valence-corrected chi connectivity index (χ4v) is 3.71. The molecule has 8 heteroatoms. The predicted molar refractivity (Wildman–Crippen MR) is 116 cm³/mol. The molecule has 1 aliphatic rings. The summed E-state index contributed by atoms with van der Waals surface area (Å²) in [7, 11) is 0. The Labute approximate surface area is 181 Å². The monoisotopic (exact) mass is 472 g/mol. The fourth-order valence-electron chi connectivity index (χ4n) is 3.10. The first-order valence-electron chi connectivity index (χ1n) is 9.06. The van der Waals surface area contributed by atoms with Crippen LogP contribution < -0.4 is 5.32 Å². The van der Waals surface area contributed by atoms with Gasteiger partial charge in [-0.1, -0.05) is 57.0 Å². The van der Waals surface area contributed by atoms with Crippen molar-refractivity contribution in [3.8, 4) is 0 Å². The Balaban J connectivity index is 1.39. The van der Waals surface area contributed by atoms with Crippen molar-refractivity contribution in [3.05, 3.63) is 80.9 Å². The molecule has 0 spiro atoms. The standard InChI is InChI=1S/C21H18BrClN4O2/c1-13-8-20(25-27(13)12-14-4-2-7-17(23)9-14)24-21(28)19-11-18(26-29-19)15-5-3-6-16(22)10-15/h2-10,19H,11-12H2,1H3,(H,24,25,28). The van der Waals surface area contributed by atoms with Crippen molar-refractivity contribution < 1.29 is 9.63 Å². The lowest BCUT2D eigenvalue weighted by Gasteiger charge is -2.08. The van der Waals surface area contributed by atoms with Gasteiger partial charge in [0, 0.05) is 33.2 Å². The van der Waals surface area contributed by atoms with Crippen molar-refractivity contribution in [1.82, 2.24) is 9.78 Å². The Bertz CT molecular complexity index is 1100. The highest BCUT2D eigenvalue weighted by Crippen LogP contribution is 2.21. The van der Waals surface area contributed by atoms with Crippen LogP contribution in [0, 0.1) is 6.92 Å². The van der Waals surface area contributed by atoms with Crippen LogP contribution in [0.15, 0.2) is 64.2 Å². The van der Waals surface area contributed by atoms with E-state index in [0.717, 1.165) is 27.0 Å². The number of halogens is 2. The lowest BCUT2D eigenvalue weighted by atomic mass is 10.0. The smallest absolute Gasteiger partial charge is 0.269 e. The summed E-state index contributed by atoms with van der Waals surface area (Å²) in [6.07, 6.45) is -0.271. The van der Waals surface area contributed by atoms with Crippen molar-refractivity contribution in [3.63, 3.8) is 0 Å². The minimum absolute atomic E-state index is 0.272. The number of oxime groups is 1. The molecule has 1 aliphatic heterocycles. The second-order valence-electron chi connectivity index (χ2n) is 6.79. The average Bonchev–Trinajstić information content (AvgIpc) is 3.29. The first kappa shape index (κ1) is 19.7. The number of anilines is 1. The zero-order valence-electron chi connectivity index (χ0n) is 15.6. The van der Waals surface area contributed by atoms with Gasteiger partial charge in [-0.15, -0.1) is 0 Å². The number of carbonyl (C=O) groups excluding carboxylic acids is 1. The minimum atomic E-state index is -0.678. The molecule has 0 aliphatic carbocycles. The van der Waals surface area contributed by atoms with Crippen molar-refractivity contribution in [1.29, 1.82) is 0 Å². The summed E-state index contributed by atoms with van der Waals surface area (Å²) in [6, 6.07) is 17.2. The van der Waals surface area contributed by atoms with Crippen LogP contribution in [0.25, 0.3) is 0 Å². The van der Waals surface area contributed by atoms with E-state index in [-0.39, 0.29) is 5.91 Å². The van der Waals surface area contributed by atoms with Crippen molar-refractivity contribution in [2.75, 3.05) is 5.32 Å². The molecular formula is C21H18BrClN4O2. The lowest BCUT2D eigenvalue weighted by Crippen LogP contribution is -2.28. The van der Waals surface area contributed by atoms with E-state index in [1.165, 1.54) is 0 Å². The van der Waals surface area contributed by atoms with Crippen LogP contribution in [-0.2, 0) is 16.2 Å². The van der Waals surface area contributed by atoms with E-state index >= 15 is 0 Å². The van der Waals surface area contributed by atoms with E-state index in [4.69, 9.17) is 16.4 Å². The number of amides is 1. The van der Waals surface area contributed by atoms with Crippen molar-refractivity contribution in [2.24, 2.45) is 5.16 Å². The van der Waals surface area contributed by atoms with Gasteiger partial charge >= 0.3 is 0 Å². The molecule has 1 atom stereocenters. The van der Waals surface area contributed by atoms with Crippen LogP contribution in [0.5, 0.6) is 0 Å². The zero-order chi connectivity index (χ0) is 20.4. The van der Waals surface area contributed by atoms with Crippen LogP contribution in [0.1, 0.15) is 23.2 Å². The third kappa shape index (κ3) is 4.68. The Morgan fingerprint density at radius 2 is 2.10 bits per heavy atom. The summed E-state index contributed by atoms with van der Waals surface area (Å²) in [5, 5.41) is 12.1. The second kappa shape index (κ2) is 8.39. The van der Waals surface area contributed by atoms with E-state index < -0.39 is 6.10 Å².